The van der Waals surface area contributed by atoms with Gasteiger partial charge in [-0.25, -0.2) is 9.82 Å². The third-order valence-electron chi connectivity index (χ3n) is 3.02. The van der Waals surface area contributed by atoms with Crippen LogP contribution >= 0.6 is 0 Å². The molecule has 0 aliphatic rings. The summed E-state index contributed by atoms with van der Waals surface area (Å²) in [6.07, 6.45) is 0.833. The molecular formula is C14H17FN2O. The molecule has 3 nitrogen and oxygen atoms in total. The molecule has 1 aromatic carbocycles. The molecule has 0 fully saturated rings. The van der Waals surface area contributed by atoms with Gasteiger partial charge in [0.05, 0.1) is 0 Å². The van der Waals surface area contributed by atoms with E-state index in [1.807, 2.05) is 26.0 Å². The summed E-state index contributed by atoms with van der Waals surface area (Å²) < 4.78 is 18.8. The summed E-state index contributed by atoms with van der Waals surface area (Å²) in [6, 6.07) is 8.21. The van der Waals surface area contributed by atoms with Crippen LogP contribution in [0.5, 0.6) is 0 Å². The summed E-state index contributed by atoms with van der Waals surface area (Å²) >= 11 is 0. The second-order valence-electron chi connectivity index (χ2n) is 4.26. The number of halogens is 1. The maximum atomic E-state index is 13.1. The van der Waals surface area contributed by atoms with Crippen LogP contribution in [0.3, 0.4) is 0 Å². The molecule has 1 heterocycles. The van der Waals surface area contributed by atoms with Gasteiger partial charge in [-0.15, -0.1) is 0 Å². The zero-order valence-corrected chi connectivity index (χ0v) is 10.5. The molecule has 0 radical (unpaired) electrons. The minimum absolute atomic E-state index is 0.249. The van der Waals surface area contributed by atoms with E-state index in [-0.39, 0.29) is 11.9 Å². The van der Waals surface area contributed by atoms with E-state index < -0.39 is 0 Å². The average Bonchev–Trinajstić information content (AvgIpc) is 2.81. The number of aryl methyl sites for hydroxylation is 2. The van der Waals surface area contributed by atoms with Crippen LogP contribution in [0.1, 0.15) is 35.6 Å². The van der Waals surface area contributed by atoms with Crippen LogP contribution < -0.4 is 11.3 Å². The van der Waals surface area contributed by atoms with Crippen LogP contribution in [0.4, 0.5) is 4.39 Å². The topological polar surface area (TPSA) is 51.2 Å². The Kier molecular flexibility index (Phi) is 3.79. The molecule has 18 heavy (non-hydrogen) atoms. The highest BCUT2D eigenvalue weighted by molar-refractivity contribution is 5.34. The molecular weight excluding hydrogens is 231 g/mol. The molecule has 1 atom stereocenters. The molecule has 0 saturated heterocycles. The predicted molar refractivity (Wildman–Crippen MR) is 68.4 cm³/mol. The van der Waals surface area contributed by atoms with Gasteiger partial charge in [-0.05, 0) is 42.3 Å². The second kappa shape index (κ2) is 5.33. The van der Waals surface area contributed by atoms with Crippen molar-refractivity contribution in [1.82, 2.24) is 5.43 Å². The number of rotatable bonds is 4. The number of hydrazine groups is 1. The van der Waals surface area contributed by atoms with Crippen molar-refractivity contribution in [3.63, 3.8) is 0 Å². The molecule has 96 valence electrons. The molecule has 0 amide bonds. The van der Waals surface area contributed by atoms with Crippen molar-refractivity contribution in [1.29, 1.82) is 0 Å². The van der Waals surface area contributed by atoms with Crippen LogP contribution in [0, 0.1) is 12.7 Å². The fourth-order valence-electron chi connectivity index (χ4n) is 2.03. The van der Waals surface area contributed by atoms with Gasteiger partial charge in [0.15, 0.2) is 0 Å². The first kappa shape index (κ1) is 12.8. The molecule has 0 aliphatic carbocycles. The number of hydrogen-bond donors (Lipinski definition) is 2. The zero-order valence-electron chi connectivity index (χ0n) is 10.5. The minimum atomic E-state index is -0.258. The summed E-state index contributed by atoms with van der Waals surface area (Å²) in [5.41, 5.74) is 4.47. The normalized spacial score (nSPS) is 12.7. The van der Waals surface area contributed by atoms with Crippen LogP contribution in [-0.4, -0.2) is 0 Å². The Morgan fingerprint density at radius 1 is 1.33 bits per heavy atom. The fourth-order valence-corrected chi connectivity index (χ4v) is 2.03. The van der Waals surface area contributed by atoms with E-state index in [4.69, 9.17) is 10.3 Å². The standard InChI is InChI=1S/C14H17FN2O/c1-3-11-5-7-13(18-11)14(17-16)12-6-4-10(15)8-9(12)2/h4-8,14,17H,3,16H2,1-2H3. The lowest BCUT2D eigenvalue weighted by Gasteiger charge is -2.16. The van der Waals surface area contributed by atoms with Gasteiger partial charge >= 0.3 is 0 Å². The van der Waals surface area contributed by atoms with Crippen molar-refractivity contribution >= 4 is 0 Å². The zero-order chi connectivity index (χ0) is 13.1. The van der Waals surface area contributed by atoms with Gasteiger partial charge in [-0.3, -0.25) is 5.84 Å². The molecule has 0 bridgehead atoms. The molecule has 3 N–H and O–H groups in total. The van der Waals surface area contributed by atoms with Gasteiger partial charge in [-0.1, -0.05) is 13.0 Å². The Morgan fingerprint density at radius 3 is 2.67 bits per heavy atom. The lowest BCUT2D eigenvalue weighted by Crippen LogP contribution is -2.29. The third-order valence-corrected chi connectivity index (χ3v) is 3.02. The van der Waals surface area contributed by atoms with E-state index >= 15 is 0 Å². The van der Waals surface area contributed by atoms with Gasteiger partial charge in [-0.2, -0.15) is 0 Å². The van der Waals surface area contributed by atoms with Gasteiger partial charge in [0.25, 0.3) is 0 Å². The number of furan rings is 1. The molecule has 4 heteroatoms. The number of nitrogens with one attached hydrogen (secondary N) is 1. The monoisotopic (exact) mass is 248 g/mol. The maximum absolute atomic E-state index is 13.1. The number of nitrogens with two attached hydrogens (primary N) is 1. The van der Waals surface area contributed by atoms with E-state index in [0.29, 0.717) is 0 Å². The first-order valence-corrected chi connectivity index (χ1v) is 5.96. The van der Waals surface area contributed by atoms with Gasteiger partial charge in [0.2, 0.25) is 0 Å². The van der Waals surface area contributed by atoms with Crippen molar-refractivity contribution < 1.29 is 8.81 Å². The Bertz CT molecular complexity index is 536. The first-order valence-electron chi connectivity index (χ1n) is 5.96. The minimum Gasteiger partial charge on any atom is -0.464 e. The van der Waals surface area contributed by atoms with E-state index in [1.54, 1.807) is 6.07 Å². The Balaban J connectivity index is 2.38. The highest BCUT2D eigenvalue weighted by atomic mass is 19.1. The van der Waals surface area contributed by atoms with Crippen molar-refractivity contribution in [3.05, 3.63) is 58.8 Å². The second-order valence-corrected chi connectivity index (χ2v) is 4.26. The lowest BCUT2D eigenvalue weighted by molar-refractivity contribution is 0.424. The van der Waals surface area contributed by atoms with E-state index in [9.17, 15) is 4.39 Å². The molecule has 1 unspecified atom stereocenters. The van der Waals surface area contributed by atoms with Crippen molar-refractivity contribution in [2.45, 2.75) is 26.3 Å². The van der Waals surface area contributed by atoms with Crippen molar-refractivity contribution in [3.8, 4) is 0 Å². The average molecular weight is 248 g/mol. The Labute approximate surface area is 106 Å². The quantitative estimate of drug-likeness (QED) is 0.646. The van der Waals surface area contributed by atoms with E-state index in [0.717, 1.165) is 29.1 Å². The van der Waals surface area contributed by atoms with Crippen LogP contribution in [-0.2, 0) is 6.42 Å². The molecule has 0 saturated carbocycles. The van der Waals surface area contributed by atoms with Gasteiger partial charge in [0, 0.05) is 6.42 Å². The van der Waals surface area contributed by atoms with Crippen molar-refractivity contribution in [2.75, 3.05) is 0 Å². The number of hydrogen-bond acceptors (Lipinski definition) is 3. The molecule has 2 rings (SSSR count). The van der Waals surface area contributed by atoms with Gasteiger partial charge in [0.1, 0.15) is 23.4 Å². The third kappa shape index (κ3) is 2.44. The first-order chi connectivity index (χ1) is 8.65. The Morgan fingerprint density at radius 2 is 2.11 bits per heavy atom. The molecule has 1 aromatic heterocycles. The highest BCUT2D eigenvalue weighted by Gasteiger charge is 2.18. The summed E-state index contributed by atoms with van der Waals surface area (Å²) in [5, 5.41) is 0. The lowest BCUT2D eigenvalue weighted by atomic mass is 10.00. The van der Waals surface area contributed by atoms with E-state index in [2.05, 4.69) is 5.43 Å². The van der Waals surface area contributed by atoms with Gasteiger partial charge < -0.3 is 4.42 Å². The number of benzene rings is 1. The molecule has 0 aliphatic heterocycles. The van der Waals surface area contributed by atoms with E-state index in [1.165, 1.54) is 12.1 Å². The summed E-state index contributed by atoms with van der Waals surface area (Å²) in [6.45, 7) is 3.88. The SMILES string of the molecule is CCc1ccc(C(NN)c2ccc(F)cc2C)o1. The summed E-state index contributed by atoms with van der Waals surface area (Å²) in [4.78, 5) is 0. The smallest absolute Gasteiger partial charge is 0.126 e. The molecule has 0 spiro atoms. The maximum Gasteiger partial charge on any atom is 0.126 e. The fraction of sp³-hybridized carbons (Fsp3) is 0.286. The van der Waals surface area contributed by atoms with Crippen LogP contribution in [0.15, 0.2) is 34.7 Å². The highest BCUT2D eigenvalue weighted by Crippen LogP contribution is 2.26. The predicted octanol–water partition coefficient (Wildman–Crippen LogP) is 2.84. The summed E-state index contributed by atoms with van der Waals surface area (Å²) in [5.74, 6) is 6.99. The van der Waals surface area contributed by atoms with Crippen LogP contribution in [0.2, 0.25) is 0 Å². The Hall–Kier alpha value is -1.65. The van der Waals surface area contributed by atoms with Crippen molar-refractivity contribution in [2.24, 2.45) is 5.84 Å². The largest absolute Gasteiger partial charge is 0.464 e. The molecule has 2 aromatic rings. The summed E-state index contributed by atoms with van der Waals surface area (Å²) in [7, 11) is 0. The van der Waals surface area contributed by atoms with Crippen LogP contribution in [0.25, 0.3) is 0 Å².